The fourth-order valence-corrected chi connectivity index (χ4v) is 12.4. The molecular weight excluding hydrogens is 432 g/mol. The van der Waals surface area contributed by atoms with Crippen molar-refractivity contribution in [2.75, 3.05) is 0 Å². The summed E-state index contributed by atoms with van der Waals surface area (Å²) in [5.74, 6) is 2.76. The summed E-state index contributed by atoms with van der Waals surface area (Å²) in [6, 6.07) is 0. The molecule has 0 aromatic heterocycles. The van der Waals surface area contributed by atoms with E-state index in [0.29, 0.717) is 40.4 Å². The molecule has 3 heteroatoms. The lowest BCUT2D eigenvalue weighted by molar-refractivity contribution is -0.283. The van der Waals surface area contributed by atoms with Gasteiger partial charge in [-0.25, -0.2) is 0 Å². The van der Waals surface area contributed by atoms with Crippen LogP contribution in [0.1, 0.15) is 127 Å². The highest BCUT2D eigenvalue weighted by Gasteiger charge is 2.73. The minimum Gasteiger partial charge on any atom is -0.462 e. The van der Waals surface area contributed by atoms with Crippen LogP contribution >= 0.6 is 0 Å². The maximum Gasteiger partial charge on any atom is 0.302 e. The van der Waals surface area contributed by atoms with E-state index in [4.69, 9.17) is 4.74 Å². The van der Waals surface area contributed by atoms with E-state index in [-0.39, 0.29) is 28.3 Å². The first kappa shape index (κ1) is 26.1. The topological polar surface area (TPSA) is 46.5 Å². The second kappa shape index (κ2) is 7.73. The first-order chi connectivity index (χ1) is 16.0. The summed E-state index contributed by atoms with van der Waals surface area (Å²) in [4.78, 5) is 12.5. The van der Waals surface area contributed by atoms with Crippen molar-refractivity contribution in [3.05, 3.63) is 0 Å². The Hall–Kier alpha value is -0.570. The van der Waals surface area contributed by atoms with Crippen LogP contribution in [0.5, 0.6) is 0 Å². The summed E-state index contributed by atoms with van der Waals surface area (Å²) in [6.45, 7) is 21.1. The molecule has 3 nitrogen and oxygen atoms in total. The van der Waals surface area contributed by atoms with E-state index < -0.39 is 5.60 Å². The molecule has 35 heavy (non-hydrogen) atoms. The molecule has 0 bridgehead atoms. The fourth-order valence-electron chi connectivity index (χ4n) is 12.4. The van der Waals surface area contributed by atoms with Crippen molar-refractivity contribution in [3.63, 3.8) is 0 Å². The van der Waals surface area contributed by atoms with E-state index in [9.17, 15) is 9.90 Å². The van der Waals surface area contributed by atoms with Gasteiger partial charge in [0.25, 0.3) is 0 Å². The monoisotopic (exact) mass is 486 g/mol. The molecule has 0 aliphatic heterocycles. The SMILES string of the molecule is CC(=O)OC1CC2C(C)(C)CCCC2(C)C2CCC3C4(C)CCC(C(C)(C)O)C4CCC3(C)C12C. The summed E-state index contributed by atoms with van der Waals surface area (Å²) in [6.07, 6.45) is 12.4. The molecule has 0 heterocycles. The van der Waals surface area contributed by atoms with Crippen molar-refractivity contribution in [2.45, 2.75) is 138 Å². The predicted molar refractivity (Wildman–Crippen MR) is 142 cm³/mol. The maximum atomic E-state index is 12.5. The molecule has 200 valence electrons. The first-order valence-corrected chi connectivity index (χ1v) is 14.9. The van der Waals surface area contributed by atoms with Gasteiger partial charge in [-0.3, -0.25) is 4.79 Å². The Kier molecular flexibility index (Phi) is 5.76. The molecule has 5 saturated carbocycles. The van der Waals surface area contributed by atoms with Gasteiger partial charge < -0.3 is 9.84 Å². The number of hydrogen-bond donors (Lipinski definition) is 1. The van der Waals surface area contributed by atoms with Crippen LogP contribution in [0.15, 0.2) is 0 Å². The molecule has 0 aromatic rings. The third-order valence-electron chi connectivity index (χ3n) is 14.0. The van der Waals surface area contributed by atoms with Gasteiger partial charge in [-0.05, 0) is 123 Å². The zero-order valence-electron chi connectivity index (χ0n) is 24.3. The van der Waals surface area contributed by atoms with Gasteiger partial charge in [-0.1, -0.05) is 48.0 Å². The third kappa shape index (κ3) is 3.34. The Morgan fingerprint density at radius 1 is 0.829 bits per heavy atom. The summed E-state index contributed by atoms with van der Waals surface area (Å²) in [5.41, 5.74) is 0.461. The summed E-state index contributed by atoms with van der Waals surface area (Å²) < 4.78 is 6.41. The van der Waals surface area contributed by atoms with Gasteiger partial charge in [0, 0.05) is 12.3 Å². The number of fused-ring (bicyclic) bond motifs is 7. The van der Waals surface area contributed by atoms with Crippen LogP contribution in [0.2, 0.25) is 0 Å². The minimum absolute atomic E-state index is 0.00105. The Bertz CT molecular complexity index is 871. The Morgan fingerprint density at radius 2 is 1.49 bits per heavy atom. The molecule has 0 amide bonds. The van der Waals surface area contributed by atoms with E-state index in [1.807, 2.05) is 13.8 Å². The third-order valence-corrected chi connectivity index (χ3v) is 14.0. The van der Waals surface area contributed by atoms with Gasteiger partial charge >= 0.3 is 5.97 Å². The van der Waals surface area contributed by atoms with Crippen molar-refractivity contribution in [1.29, 1.82) is 0 Å². The number of aliphatic hydroxyl groups is 1. The van der Waals surface area contributed by atoms with Gasteiger partial charge in [0.2, 0.25) is 0 Å². The summed E-state index contributed by atoms with van der Waals surface area (Å²) in [5, 5.41) is 11.1. The molecule has 5 rings (SSSR count). The van der Waals surface area contributed by atoms with Crippen molar-refractivity contribution >= 4 is 5.97 Å². The fraction of sp³-hybridized carbons (Fsp3) is 0.969. The number of carbonyl (C=O) groups excluding carboxylic acids is 1. The quantitative estimate of drug-likeness (QED) is 0.405. The lowest BCUT2D eigenvalue weighted by atomic mass is 9.31. The van der Waals surface area contributed by atoms with Gasteiger partial charge in [-0.15, -0.1) is 0 Å². The first-order valence-electron chi connectivity index (χ1n) is 14.9. The van der Waals surface area contributed by atoms with Gasteiger partial charge in [0.1, 0.15) is 6.10 Å². The Labute approximate surface area is 215 Å². The van der Waals surface area contributed by atoms with Crippen molar-refractivity contribution in [1.82, 2.24) is 0 Å². The standard InChI is InChI=1S/C32H54O3/c1-20(33)35-26-19-25-27(2,3)15-10-16-30(25,7)24-12-11-23-29(6)17-13-21(28(4,5)34)22(29)14-18-31(23,8)32(24,26)9/h21-26,34H,10-19H2,1-9H3. The highest BCUT2D eigenvalue weighted by Crippen LogP contribution is 2.78. The van der Waals surface area contributed by atoms with E-state index in [2.05, 4.69) is 41.5 Å². The largest absolute Gasteiger partial charge is 0.462 e. The predicted octanol–water partition coefficient (Wildman–Crippen LogP) is 7.79. The summed E-state index contributed by atoms with van der Waals surface area (Å²) in [7, 11) is 0. The molecule has 5 aliphatic carbocycles. The number of hydrogen-bond acceptors (Lipinski definition) is 3. The van der Waals surface area contributed by atoms with Crippen LogP contribution in [-0.4, -0.2) is 22.8 Å². The van der Waals surface area contributed by atoms with Crippen molar-refractivity contribution < 1.29 is 14.6 Å². The van der Waals surface area contributed by atoms with E-state index in [0.717, 1.165) is 12.8 Å². The average molecular weight is 487 g/mol. The molecule has 0 radical (unpaired) electrons. The highest BCUT2D eigenvalue weighted by molar-refractivity contribution is 5.66. The van der Waals surface area contributed by atoms with E-state index >= 15 is 0 Å². The highest BCUT2D eigenvalue weighted by atomic mass is 16.5. The van der Waals surface area contributed by atoms with Gasteiger partial charge in [0.05, 0.1) is 5.60 Å². The van der Waals surface area contributed by atoms with Crippen LogP contribution in [0.3, 0.4) is 0 Å². The van der Waals surface area contributed by atoms with Crippen LogP contribution in [-0.2, 0) is 9.53 Å². The number of carbonyl (C=O) groups is 1. The van der Waals surface area contributed by atoms with Crippen molar-refractivity contribution in [2.24, 2.45) is 56.7 Å². The van der Waals surface area contributed by atoms with Crippen LogP contribution in [0.25, 0.3) is 0 Å². The average Bonchev–Trinajstić information content (AvgIpc) is 3.07. The lowest BCUT2D eigenvalue weighted by Crippen LogP contribution is -2.70. The lowest BCUT2D eigenvalue weighted by Gasteiger charge is -2.74. The molecule has 5 fully saturated rings. The number of rotatable bonds is 2. The Balaban J connectivity index is 1.60. The van der Waals surface area contributed by atoms with Crippen LogP contribution < -0.4 is 0 Å². The molecule has 1 N–H and O–H groups in total. The normalized spacial score (nSPS) is 53.1. The second-order valence-electron chi connectivity index (χ2n) is 16.1. The number of esters is 1. The maximum absolute atomic E-state index is 12.5. The second-order valence-corrected chi connectivity index (χ2v) is 16.1. The Morgan fingerprint density at radius 3 is 2.11 bits per heavy atom. The zero-order valence-corrected chi connectivity index (χ0v) is 24.3. The van der Waals surface area contributed by atoms with Gasteiger partial charge in [-0.2, -0.15) is 0 Å². The molecule has 0 spiro atoms. The number of ether oxygens (including phenoxy) is 1. The minimum atomic E-state index is -0.600. The molecule has 10 atom stereocenters. The van der Waals surface area contributed by atoms with Crippen molar-refractivity contribution in [3.8, 4) is 0 Å². The van der Waals surface area contributed by atoms with Crippen LogP contribution in [0.4, 0.5) is 0 Å². The zero-order chi connectivity index (χ0) is 25.8. The smallest absolute Gasteiger partial charge is 0.302 e. The van der Waals surface area contributed by atoms with E-state index in [1.165, 1.54) is 51.4 Å². The van der Waals surface area contributed by atoms with E-state index in [1.54, 1.807) is 6.92 Å². The summed E-state index contributed by atoms with van der Waals surface area (Å²) >= 11 is 0. The molecule has 10 unspecified atom stereocenters. The van der Waals surface area contributed by atoms with Crippen LogP contribution in [0, 0.1) is 56.7 Å². The molecule has 0 saturated heterocycles. The molecular formula is C32H54O3. The van der Waals surface area contributed by atoms with Gasteiger partial charge in [0.15, 0.2) is 0 Å². The molecule has 0 aromatic carbocycles. The molecule has 5 aliphatic rings.